The number of aromatic nitrogens is 1. The normalized spacial score (nSPS) is 31.4. The Morgan fingerprint density at radius 1 is 1.20 bits per heavy atom. The smallest absolute Gasteiger partial charge is 0.141 e. The van der Waals surface area contributed by atoms with Crippen molar-refractivity contribution < 1.29 is 4.39 Å². The fourth-order valence-corrected chi connectivity index (χ4v) is 3.57. The highest BCUT2D eigenvalue weighted by molar-refractivity contribution is 5.11. The molecule has 1 saturated heterocycles. The molecule has 1 aliphatic heterocycles. The third-order valence-corrected chi connectivity index (χ3v) is 4.99. The maximum atomic E-state index is 13.3. The van der Waals surface area contributed by atoms with Gasteiger partial charge in [0.1, 0.15) is 5.82 Å². The third kappa shape index (κ3) is 2.72. The second-order valence-corrected chi connectivity index (χ2v) is 6.70. The summed E-state index contributed by atoms with van der Waals surface area (Å²) in [5, 5.41) is 3.75. The molecule has 0 aromatic carbocycles. The molecule has 20 heavy (non-hydrogen) atoms. The van der Waals surface area contributed by atoms with E-state index in [-0.39, 0.29) is 5.82 Å². The maximum absolute atomic E-state index is 13.3. The zero-order chi connectivity index (χ0) is 13.5. The van der Waals surface area contributed by atoms with Crippen molar-refractivity contribution in [2.24, 2.45) is 11.8 Å². The number of hydrogen-bond donors (Lipinski definition) is 1. The molecule has 2 saturated carbocycles. The lowest BCUT2D eigenvalue weighted by atomic mass is 10.0. The molecule has 0 spiro atoms. The van der Waals surface area contributed by atoms with Crippen molar-refractivity contribution in [3.05, 3.63) is 29.8 Å². The largest absolute Gasteiger partial charge is 0.311 e. The molecule has 3 fully saturated rings. The van der Waals surface area contributed by atoms with Crippen molar-refractivity contribution in [2.75, 3.05) is 13.1 Å². The van der Waals surface area contributed by atoms with Gasteiger partial charge in [-0.15, -0.1) is 0 Å². The number of rotatable bonds is 4. The SMILES string of the molecule is Fc1cncc(CN2CC(C3CC3)NCC2C2CC2)c1. The van der Waals surface area contributed by atoms with Crippen LogP contribution in [0.5, 0.6) is 0 Å². The fraction of sp³-hybridized carbons (Fsp3) is 0.688. The topological polar surface area (TPSA) is 28.2 Å². The van der Waals surface area contributed by atoms with Crippen molar-refractivity contribution in [3.8, 4) is 0 Å². The minimum Gasteiger partial charge on any atom is -0.311 e. The molecule has 1 aromatic heterocycles. The molecule has 1 N–H and O–H groups in total. The Labute approximate surface area is 119 Å². The highest BCUT2D eigenvalue weighted by Gasteiger charge is 2.42. The molecule has 2 heterocycles. The molecule has 3 aliphatic rings. The second kappa shape index (κ2) is 5.08. The van der Waals surface area contributed by atoms with E-state index in [0.29, 0.717) is 12.1 Å². The van der Waals surface area contributed by atoms with Crippen LogP contribution < -0.4 is 5.32 Å². The van der Waals surface area contributed by atoms with Crippen molar-refractivity contribution in [2.45, 2.75) is 44.3 Å². The summed E-state index contributed by atoms with van der Waals surface area (Å²) in [7, 11) is 0. The molecule has 4 heteroatoms. The molecule has 0 amide bonds. The van der Waals surface area contributed by atoms with Crippen LogP contribution in [0.4, 0.5) is 4.39 Å². The van der Waals surface area contributed by atoms with Gasteiger partial charge in [0, 0.05) is 37.9 Å². The molecule has 3 nitrogen and oxygen atoms in total. The van der Waals surface area contributed by atoms with Crippen LogP contribution >= 0.6 is 0 Å². The lowest BCUT2D eigenvalue weighted by molar-refractivity contribution is 0.100. The lowest BCUT2D eigenvalue weighted by Crippen LogP contribution is -2.57. The molecular formula is C16H22FN3. The number of pyridine rings is 1. The minimum atomic E-state index is -0.223. The highest BCUT2D eigenvalue weighted by atomic mass is 19.1. The summed E-state index contributed by atoms with van der Waals surface area (Å²) < 4.78 is 13.3. The van der Waals surface area contributed by atoms with Gasteiger partial charge in [0.05, 0.1) is 6.20 Å². The number of hydrogen-bond acceptors (Lipinski definition) is 3. The van der Waals surface area contributed by atoms with Crippen molar-refractivity contribution in [1.82, 2.24) is 15.2 Å². The zero-order valence-electron chi connectivity index (χ0n) is 11.8. The molecule has 2 unspecified atom stereocenters. The Balaban J connectivity index is 1.48. The summed E-state index contributed by atoms with van der Waals surface area (Å²) in [6, 6.07) is 2.91. The van der Waals surface area contributed by atoms with Gasteiger partial charge in [-0.3, -0.25) is 9.88 Å². The summed E-state index contributed by atoms with van der Waals surface area (Å²) in [6.07, 6.45) is 8.56. The van der Waals surface area contributed by atoms with E-state index in [1.165, 1.54) is 31.9 Å². The number of halogens is 1. The predicted molar refractivity (Wildman–Crippen MR) is 75.6 cm³/mol. The van der Waals surface area contributed by atoms with Gasteiger partial charge in [-0.25, -0.2) is 4.39 Å². The zero-order valence-corrected chi connectivity index (χ0v) is 11.8. The van der Waals surface area contributed by atoms with Crippen molar-refractivity contribution in [1.29, 1.82) is 0 Å². The van der Waals surface area contributed by atoms with Crippen LogP contribution in [0.25, 0.3) is 0 Å². The fourth-order valence-electron chi connectivity index (χ4n) is 3.57. The van der Waals surface area contributed by atoms with Crippen molar-refractivity contribution in [3.63, 3.8) is 0 Å². The second-order valence-electron chi connectivity index (χ2n) is 6.70. The average molecular weight is 275 g/mol. The van der Waals surface area contributed by atoms with E-state index in [9.17, 15) is 4.39 Å². The van der Waals surface area contributed by atoms with Gasteiger partial charge in [0.15, 0.2) is 0 Å². The lowest BCUT2D eigenvalue weighted by Gasteiger charge is -2.41. The van der Waals surface area contributed by atoms with Crippen LogP contribution in [-0.2, 0) is 6.54 Å². The van der Waals surface area contributed by atoms with Crippen LogP contribution in [0, 0.1) is 17.7 Å². The van der Waals surface area contributed by atoms with E-state index in [2.05, 4.69) is 15.2 Å². The molecular weight excluding hydrogens is 253 g/mol. The molecule has 4 rings (SSSR count). The molecule has 1 aromatic rings. The summed E-state index contributed by atoms with van der Waals surface area (Å²) in [5.41, 5.74) is 1.01. The van der Waals surface area contributed by atoms with Crippen LogP contribution in [-0.4, -0.2) is 35.1 Å². The van der Waals surface area contributed by atoms with E-state index in [1.807, 2.05) is 0 Å². The molecule has 108 valence electrons. The Kier molecular flexibility index (Phi) is 3.23. The third-order valence-electron chi connectivity index (χ3n) is 4.99. The molecule has 0 bridgehead atoms. The number of piperazine rings is 1. The van der Waals surface area contributed by atoms with Crippen LogP contribution in [0.2, 0.25) is 0 Å². The van der Waals surface area contributed by atoms with Crippen molar-refractivity contribution >= 4 is 0 Å². The Morgan fingerprint density at radius 2 is 2.00 bits per heavy atom. The molecule has 2 aliphatic carbocycles. The Morgan fingerprint density at radius 3 is 2.70 bits per heavy atom. The molecule has 2 atom stereocenters. The first-order chi connectivity index (χ1) is 9.79. The standard InChI is InChI=1S/C16H22FN3/c17-14-5-11(6-18-7-14)9-20-10-15(12-1-2-12)19-8-16(20)13-3-4-13/h5-7,12-13,15-16,19H,1-4,8-10H2. The maximum Gasteiger partial charge on any atom is 0.141 e. The first-order valence-corrected chi connectivity index (χ1v) is 7.86. The first-order valence-electron chi connectivity index (χ1n) is 7.86. The van der Waals surface area contributed by atoms with E-state index in [4.69, 9.17) is 0 Å². The highest BCUT2D eigenvalue weighted by Crippen LogP contribution is 2.40. The van der Waals surface area contributed by atoms with Crippen LogP contribution in [0.3, 0.4) is 0 Å². The summed E-state index contributed by atoms with van der Waals surface area (Å²) in [4.78, 5) is 6.56. The van der Waals surface area contributed by atoms with E-state index >= 15 is 0 Å². The quantitative estimate of drug-likeness (QED) is 0.913. The van der Waals surface area contributed by atoms with E-state index < -0.39 is 0 Å². The molecule has 0 radical (unpaired) electrons. The van der Waals surface area contributed by atoms with Crippen LogP contribution in [0.1, 0.15) is 31.2 Å². The van der Waals surface area contributed by atoms with Gasteiger partial charge < -0.3 is 5.32 Å². The Bertz CT molecular complexity index is 484. The van der Waals surface area contributed by atoms with E-state index in [1.54, 1.807) is 12.3 Å². The first kappa shape index (κ1) is 12.7. The van der Waals surface area contributed by atoms with Gasteiger partial charge in [0.25, 0.3) is 0 Å². The number of nitrogens with one attached hydrogen (secondary N) is 1. The monoisotopic (exact) mass is 275 g/mol. The van der Waals surface area contributed by atoms with Crippen LogP contribution in [0.15, 0.2) is 18.5 Å². The van der Waals surface area contributed by atoms with Gasteiger partial charge in [-0.05, 0) is 49.1 Å². The van der Waals surface area contributed by atoms with E-state index in [0.717, 1.165) is 37.0 Å². The van der Waals surface area contributed by atoms with Gasteiger partial charge >= 0.3 is 0 Å². The minimum absolute atomic E-state index is 0.223. The summed E-state index contributed by atoms with van der Waals surface area (Å²) in [6.45, 7) is 3.06. The Hall–Kier alpha value is -1.00. The summed E-state index contributed by atoms with van der Waals surface area (Å²) in [5.74, 6) is 1.51. The summed E-state index contributed by atoms with van der Waals surface area (Å²) >= 11 is 0. The van der Waals surface area contributed by atoms with Gasteiger partial charge in [-0.2, -0.15) is 0 Å². The average Bonchev–Trinajstić information content (AvgIpc) is 3.30. The number of nitrogens with zero attached hydrogens (tertiary/aromatic N) is 2. The van der Waals surface area contributed by atoms with Gasteiger partial charge in [-0.1, -0.05) is 0 Å². The van der Waals surface area contributed by atoms with Gasteiger partial charge in [0.2, 0.25) is 0 Å². The predicted octanol–water partition coefficient (Wildman–Crippen LogP) is 2.18.